The summed E-state index contributed by atoms with van der Waals surface area (Å²) in [5.74, 6) is 1.53. The van der Waals surface area contributed by atoms with Crippen molar-refractivity contribution in [2.45, 2.75) is 45.6 Å². The summed E-state index contributed by atoms with van der Waals surface area (Å²) in [6, 6.07) is 4.54. The smallest absolute Gasteiger partial charge is 0.243 e. The quantitative estimate of drug-likeness (QED) is 0.902. The van der Waals surface area contributed by atoms with E-state index in [0.717, 1.165) is 17.5 Å². The molecule has 1 fully saturated rings. The Balaban J connectivity index is 1.77. The van der Waals surface area contributed by atoms with E-state index in [9.17, 15) is 0 Å². The lowest BCUT2D eigenvalue weighted by molar-refractivity contribution is 0.480. The number of nitrogens with zero attached hydrogens (tertiary/aromatic N) is 3. The van der Waals surface area contributed by atoms with Crippen LogP contribution in [0.3, 0.4) is 0 Å². The molecule has 2 heterocycles. The van der Waals surface area contributed by atoms with Crippen molar-refractivity contribution in [1.82, 2.24) is 14.6 Å². The molecule has 1 atom stereocenters. The van der Waals surface area contributed by atoms with Gasteiger partial charge in [-0.3, -0.25) is 0 Å². The number of nitrogens with one attached hydrogen (secondary N) is 1. The first-order valence-electron chi connectivity index (χ1n) is 6.82. The van der Waals surface area contributed by atoms with Gasteiger partial charge in [0.05, 0.1) is 0 Å². The van der Waals surface area contributed by atoms with E-state index in [1.54, 1.807) is 0 Å². The van der Waals surface area contributed by atoms with Gasteiger partial charge in [0.25, 0.3) is 0 Å². The van der Waals surface area contributed by atoms with E-state index in [2.05, 4.69) is 35.3 Å². The minimum Gasteiger partial charge on any atom is -0.350 e. The Labute approximate surface area is 107 Å². The fourth-order valence-corrected chi connectivity index (χ4v) is 2.83. The molecule has 1 aliphatic carbocycles. The fourth-order valence-electron chi connectivity index (χ4n) is 2.83. The van der Waals surface area contributed by atoms with E-state index in [1.165, 1.54) is 31.2 Å². The van der Waals surface area contributed by atoms with Crippen molar-refractivity contribution in [3.63, 3.8) is 0 Å². The Morgan fingerprint density at radius 1 is 1.33 bits per heavy atom. The fraction of sp³-hybridized carbons (Fsp3) is 0.571. The lowest BCUT2D eigenvalue weighted by Gasteiger charge is -2.18. The Morgan fingerprint density at radius 2 is 2.11 bits per heavy atom. The maximum Gasteiger partial charge on any atom is 0.243 e. The van der Waals surface area contributed by atoms with Gasteiger partial charge in [0, 0.05) is 12.2 Å². The number of rotatable bonds is 3. The number of pyridine rings is 1. The van der Waals surface area contributed by atoms with Crippen LogP contribution in [0, 0.1) is 12.8 Å². The van der Waals surface area contributed by atoms with Crippen molar-refractivity contribution in [3.8, 4) is 0 Å². The molecular formula is C14H20N4. The summed E-state index contributed by atoms with van der Waals surface area (Å²) in [4.78, 5) is 4.51. The largest absolute Gasteiger partial charge is 0.350 e. The van der Waals surface area contributed by atoms with E-state index in [4.69, 9.17) is 0 Å². The molecule has 0 aliphatic heterocycles. The van der Waals surface area contributed by atoms with Gasteiger partial charge in [-0.2, -0.15) is 4.98 Å². The van der Waals surface area contributed by atoms with Crippen LogP contribution in [0.15, 0.2) is 18.3 Å². The lowest BCUT2D eigenvalue weighted by atomic mass is 10.0. The maximum absolute atomic E-state index is 4.51. The standard InChI is InChI=1S/C14H20N4/c1-10-7-8-13-16-14(17-18(13)9-10)15-11(2)12-5-3-4-6-12/h7-9,11-12H,3-6H2,1-2H3,(H,15,17). The SMILES string of the molecule is Cc1ccc2nc(NC(C)C3CCCC3)nn2c1. The number of aryl methyl sites for hydroxylation is 1. The van der Waals surface area contributed by atoms with Crippen LogP contribution in [-0.2, 0) is 0 Å². The zero-order valence-electron chi connectivity index (χ0n) is 11.1. The molecule has 2 aromatic rings. The van der Waals surface area contributed by atoms with Crippen molar-refractivity contribution in [3.05, 3.63) is 23.9 Å². The molecule has 1 unspecified atom stereocenters. The Hall–Kier alpha value is -1.58. The molecule has 0 amide bonds. The van der Waals surface area contributed by atoms with Gasteiger partial charge in [-0.1, -0.05) is 18.9 Å². The van der Waals surface area contributed by atoms with Crippen LogP contribution in [-0.4, -0.2) is 20.6 Å². The predicted molar refractivity (Wildman–Crippen MR) is 72.8 cm³/mol. The van der Waals surface area contributed by atoms with Crippen LogP contribution >= 0.6 is 0 Å². The monoisotopic (exact) mass is 244 g/mol. The zero-order valence-corrected chi connectivity index (χ0v) is 11.1. The molecule has 3 rings (SSSR count). The lowest BCUT2D eigenvalue weighted by Crippen LogP contribution is -2.24. The Bertz CT molecular complexity index is 540. The molecule has 96 valence electrons. The van der Waals surface area contributed by atoms with Gasteiger partial charge in [0.15, 0.2) is 5.65 Å². The normalized spacial score (nSPS) is 18.3. The third-order valence-corrected chi connectivity index (χ3v) is 3.94. The molecule has 0 radical (unpaired) electrons. The highest BCUT2D eigenvalue weighted by molar-refractivity contribution is 5.44. The third-order valence-electron chi connectivity index (χ3n) is 3.94. The first kappa shape index (κ1) is 11.5. The number of fused-ring (bicyclic) bond motifs is 1. The topological polar surface area (TPSA) is 42.2 Å². The van der Waals surface area contributed by atoms with Gasteiger partial charge in [0.2, 0.25) is 5.95 Å². The third kappa shape index (κ3) is 2.19. The van der Waals surface area contributed by atoms with Crippen LogP contribution in [0.25, 0.3) is 5.65 Å². The molecule has 0 spiro atoms. The van der Waals surface area contributed by atoms with Crippen molar-refractivity contribution in [2.24, 2.45) is 5.92 Å². The molecule has 2 aromatic heterocycles. The summed E-state index contributed by atoms with van der Waals surface area (Å²) in [6.07, 6.45) is 7.41. The van der Waals surface area contributed by atoms with Crippen LogP contribution in [0.2, 0.25) is 0 Å². The number of aromatic nitrogens is 3. The van der Waals surface area contributed by atoms with Crippen LogP contribution < -0.4 is 5.32 Å². The highest BCUT2D eigenvalue weighted by Crippen LogP contribution is 2.28. The van der Waals surface area contributed by atoms with E-state index in [1.807, 2.05) is 16.8 Å². The molecule has 0 saturated heterocycles. The highest BCUT2D eigenvalue weighted by atomic mass is 15.3. The molecule has 0 bridgehead atoms. The first-order valence-corrected chi connectivity index (χ1v) is 6.82. The average molecular weight is 244 g/mol. The van der Waals surface area contributed by atoms with E-state index < -0.39 is 0 Å². The summed E-state index contributed by atoms with van der Waals surface area (Å²) in [7, 11) is 0. The summed E-state index contributed by atoms with van der Waals surface area (Å²) in [5.41, 5.74) is 2.10. The first-order chi connectivity index (χ1) is 8.72. The van der Waals surface area contributed by atoms with E-state index in [-0.39, 0.29) is 0 Å². The van der Waals surface area contributed by atoms with Gasteiger partial charge in [-0.05, 0) is 44.2 Å². The van der Waals surface area contributed by atoms with Gasteiger partial charge < -0.3 is 5.32 Å². The summed E-state index contributed by atoms with van der Waals surface area (Å²) < 4.78 is 1.85. The van der Waals surface area contributed by atoms with E-state index >= 15 is 0 Å². The second-order valence-electron chi connectivity index (χ2n) is 5.42. The maximum atomic E-state index is 4.51. The second kappa shape index (κ2) is 4.59. The highest BCUT2D eigenvalue weighted by Gasteiger charge is 2.22. The molecule has 0 aromatic carbocycles. The van der Waals surface area contributed by atoms with Gasteiger partial charge >= 0.3 is 0 Å². The molecule has 1 aliphatic rings. The summed E-state index contributed by atoms with van der Waals surface area (Å²) in [6.45, 7) is 4.31. The predicted octanol–water partition coefficient (Wildman–Crippen LogP) is 3.03. The number of hydrogen-bond acceptors (Lipinski definition) is 3. The van der Waals surface area contributed by atoms with Crippen LogP contribution in [0.5, 0.6) is 0 Å². The van der Waals surface area contributed by atoms with Gasteiger partial charge in [0.1, 0.15) is 0 Å². The Kier molecular flexibility index (Phi) is 2.94. The van der Waals surface area contributed by atoms with Crippen molar-refractivity contribution in [1.29, 1.82) is 0 Å². The van der Waals surface area contributed by atoms with Crippen LogP contribution in [0.1, 0.15) is 38.2 Å². The van der Waals surface area contributed by atoms with Crippen molar-refractivity contribution in [2.75, 3.05) is 5.32 Å². The van der Waals surface area contributed by atoms with Gasteiger partial charge in [-0.15, -0.1) is 5.10 Å². The number of anilines is 1. The second-order valence-corrected chi connectivity index (χ2v) is 5.42. The summed E-state index contributed by atoms with van der Waals surface area (Å²) >= 11 is 0. The average Bonchev–Trinajstić information content (AvgIpc) is 2.95. The van der Waals surface area contributed by atoms with E-state index in [0.29, 0.717) is 6.04 Å². The van der Waals surface area contributed by atoms with Crippen molar-refractivity contribution < 1.29 is 0 Å². The molecule has 1 N–H and O–H groups in total. The molecule has 4 nitrogen and oxygen atoms in total. The molecular weight excluding hydrogens is 224 g/mol. The van der Waals surface area contributed by atoms with Crippen LogP contribution in [0.4, 0.5) is 5.95 Å². The van der Waals surface area contributed by atoms with Crippen molar-refractivity contribution >= 4 is 11.6 Å². The molecule has 18 heavy (non-hydrogen) atoms. The molecule has 1 saturated carbocycles. The Morgan fingerprint density at radius 3 is 2.89 bits per heavy atom. The minimum absolute atomic E-state index is 0.464. The number of hydrogen-bond donors (Lipinski definition) is 1. The zero-order chi connectivity index (χ0) is 12.5. The summed E-state index contributed by atoms with van der Waals surface area (Å²) in [5, 5.41) is 7.93. The van der Waals surface area contributed by atoms with Gasteiger partial charge in [-0.25, -0.2) is 4.52 Å². The molecule has 4 heteroatoms. The minimum atomic E-state index is 0.464.